The topological polar surface area (TPSA) is 60.5 Å². The molecule has 0 saturated carbocycles. The summed E-state index contributed by atoms with van der Waals surface area (Å²) in [7, 11) is 1.67. The van der Waals surface area contributed by atoms with E-state index in [1.54, 1.807) is 19.5 Å². The molecule has 5 nitrogen and oxygen atoms in total. The number of anilines is 1. The fourth-order valence-electron chi connectivity index (χ4n) is 3.21. The molecular weight excluding hydrogens is 364 g/mol. The van der Waals surface area contributed by atoms with Crippen LogP contribution >= 0.6 is 0 Å². The van der Waals surface area contributed by atoms with Gasteiger partial charge in [-0.1, -0.05) is 24.3 Å². The van der Waals surface area contributed by atoms with Crippen molar-refractivity contribution in [1.82, 2.24) is 4.98 Å². The average Bonchev–Trinajstić information content (AvgIpc) is 2.73. The Kier molecular flexibility index (Phi) is 6.98. The number of benzene rings is 2. The third-order valence-electron chi connectivity index (χ3n) is 4.67. The van der Waals surface area contributed by atoms with Crippen LogP contribution in [-0.2, 0) is 17.8 Å². The van der Waals surface area contributed by atoms with Crippen molar-refractivity contribution in [2.75, 3.05) is 19.0 Å². The van der Waals surface area contributed by atoms with Crippen LogP contribution in [0.1, 0.15) is 32.6 Å². The fraction of sp³-hybridized carbons (Fsp3) is 0.250. The monoisotopic (exact) mass is 390 g/mol. The summed E-state index contributed by atoms with van der Waals surface area (Å²) < 4.78 is 11.1. The molecule has 0 bridgehead atoms. The van der Waals surface area contributed by atoms with Crippen LogP contribution in [0.5, 0.6) is 5.75 Å². The molecule has 3 aromatic rings. The van der Waals surface area contributed by atoms with Gasteiger partial charge in [-0.15, -0.1) is 0 Å². The number of para-hydroxylation sites is 1. The zero-order chi connectivity index (χ0) is 20.6. The number of amides is 1. The molecule has 0 fully saturated rings. The Morgan fingerprint density at radius 1 is 1.07 bits per heavy atom. The Bertz CT molecular complexity index is 948. The first-order chi connectivity index (χ1) is 14.1. The summed E-state index contributed by atoms with van der Waals surface area (Å²) in [5.41, 5.74) is 5.31. The summed E-state index contributed by atoms with van der Waals surface area (Å²) in [5.74, 6) is 0.658. The van der Waals surface area contributed by atoms with Gasteiger partial charge in [-0.05, 0) is 61.2 Å². The van der Waals surface area contributed by atoms with Crippen LogP contribution in [0.4, 0.5) is 5.69 Å². The van der Waals surface area contributed by atoms with E-state index < -0.39 is 0 Å². The van der Waals surface area contributed by atoms with Crippen molar-refractivity contribution in [3.8, 4) is 5.75 Å². The van der Waals surface area contributed by atoms with Crippen molar-refractivity contribution < 1.29 is 14.3 Å². The molecule has 1 N–H and O–H groups in total. The van der Waals surface area contributed by atoms with Crippen LogP contribution in [-0.4, -0.2) is 24.6 Å². The second kappa shape index (κ2) is 9.85. The molecular formula is C24H26N2O3. The van der Waals surface area contributed by atoms with Gasteiger partial charge < -0.3 is 14.8 Å². The van der Waals surface area contributed by atoms with Gasteiger partial charge in [-0.25, -0.2) is 0 Å². The van der Waals surface area contributed by atoms with E-state index in [-0.39, 0.29) is 5.91 Å². The first-order valence-corrected chi connectivity index (χ1v) is 9.59. The first-order valence-electron chi connectivity index (χ1n) is 9.59. The lowest BCUT2D eigenvalue weighted by atomic mass is 10.0. The summed E-state index contributed by atoms with van der Waals surface area (Å²) in [5, 5.41) is 3.02. The van der Waals surface area contributed by atoms with Crippen molar-refractivity contribution in [2.24, 2.45) is 0 Å². The number of ether oxygens (including phenoxy) is 2. The molecule has 29 heavy (non-hydrogen) atoms. The Morgan fingerprint density at radius 3 is 2.52 bits per heavy atom. The normalized spacial score (nSPS) is 10.6. The number of aromatic nitrogens is 1. The number of methoxy groups -OCH3 is 1. The minimum Gasteiger partial charge on any atom is -0.488 e. The molecule has 0 saturated heterocycles. The van der Waals surface area contributed by atoms with Crippen molar-refractivity contribution in [1.29, 1.82) is 0 Å². The van der Waals surface area contributed by atoms with Gasteiger partial charge in [0.15, 0.2) is 0 Å². The quantitative estimate of drug-likeness (QED) is 0.605. The lowest BCUT2D eigenvalue weighted by Gasteiger charge is -2.15. The maximum Gasteiger partial charge on any atom is 0.255 e. The number of hydrogen-bond donors (Lipinski definition) is 1. The summed E-state index contributed by atoms with van der Waals surface area (Å²) in [6.07, 6.45) is 4.26. The van der Waals surface area contributed by atoms with Gasteiger partial charge in [0, 0.05) is 36.3 Å². The zero-order valence-electron chi connectivity index (χ0n) is 17.1. The highest BCUT2D eigenvalue weighted by Crippen LogP contribution is 2.26. The molecule has 1 heterocycles. The molecule has 1 amide bonds. The van der Waals surface area contributed by atoms with Crippen molar-refractivity contribution in [3.05, 3.63) is 88.7 Å². The molecule has 2 aromatic carbocycles. The number of aryl methyl sites for hydroxylation is 2. The van der Waals surface area contributed by atoms with Crippen LogP contribution in [0, 0.1) is 13.8 Å². The van der Waals surface area contributed by atoms with E-state index in [2.05, 4.69) is 10.3 Å². The van der Waals surface area contributed by atoms with Crippen LogP contribution < -0.4 is 10.1 Å². The highest BCUT2D eigenvalue weighted by Gasteiger charge is 2.13. The van der Waals surface area contributed by atoms with Gasteiger partial charge in [0.2, 0.25) is 0 Å². The summed E-state index contributed by atoms with van der Waals surface area (Å²) in [6.45, 7) is 4.95. The molecule has 5 heteroatoms. The lowest BCUT2D eigenvalue weighted by molar-refractivity contribution is 0.102. The molecule has 3 rings (SSSR count). The number of carbonyl (C=O) groups excluding carboxylic acids is 1. The number of hydrogen-bond acceptors (Lipinski definition) is 4. The minimum atomic E-state index is -0.139. The highest BCUT2D eigenvalue weighted by molar-refractivity contribution is 6.05. The lowest BCUT2D eigenvalue weighted by Crippen LogP contribution is -2.14. The van der Waals surface area contributed by atoms with Crippen molar-refractivity contribution in [2.45, 2.75) is 26.9 Å². The molecule has 0 aliphatic rings. The Hall–Kier alpha value is -3.18. The van der Waals surface area contributed by atoms with Crippen molar-refractivity contribution in [3.63, 3.8) is 0 Å². The van der Waals surface area contributed by atoms with E-state index in [9.17, 15) is 4.79 Å². The maximum absolute atomic E-state index is 12.8. The summed E-state index contributed by atoms with van der Waals surface area (Å²) >= 11 is 0. The highest BCUT2D eigenvalue weighted by atomic mass is 16.5. The van der Waals surface area contributed by atoms with Gasteiger partial charge in [-0.2, -0.15) is 0 Å². The van der Waals surface area contributed by atoms with Crippen LogP contribution in [0.2, 0.25) is 0 Å². The number of carbonyl (C=O) groups is 1. The molecule has 150 valence electrons. The van der Waals surface area contributed by atoms with E-state index in [0.29, 0.717) is 18.8 Å². The molecule has 0 aliphatic carbocycles. The molecule has 0 aliphatic heterocycles. The third kappa shape index (κ3) is 5.42. The largest absolute Gasteiger partial charge is 0.488 e. The first kappa shape index (κ1) is 20.6. The fourth-order valence-corrected chi connectivity index (χ4v) is 3.21. The predicted molar refractivity (Wildman–Crippen MR) is 114 cm³/mol. The second-order valence-corrected chi connectivity index (χ2v) is 6.94. The molecule has 0 atom stereocenters. The number of pyridine rings is 1. The summed E-state index contributed by atoms with van der Waals surface area (Å²) in [4.78, 5) is 16.9. The van der Waals surface area contributed by atoms with E-state index in [1.807, 2.05) is 62.4 Å². The van der Waals surface area contributed by atoms with E-state index in [1.165, 1.54) is 0 Å². The Balaban J connectivity index is 1.74. The summed E-state index contributed by atoms with van der Waals surface area (Å²) in [6, 6.07) is 15.4. The van der Waals surface area contributed by atoms with Crippen LogP contribution in [0.15, 0.2) is 60.9 Å². The SMILES string of the molecule is COCCc1ccccc1NC(=O)c1cc(C)c(OCc2cccnc2)c(C)c1. The van der Waals surface area contributed by atoms with E-state index in [0.717, 1.165) is 40.1 Å². The molecule has 0 radical (unpaired) electrons. The minimum absolute atomic E-state index is 0.139. The Morgan fingerprint density at radius 2 is 1.83 bits per heavy atom. The van der Waals surface area contributed by atoms with Gasteiger partial charge in [0.1, 0.15) is 12.4 Å². The van der Waals surface area contributed by atoms with Crippen molar-refractivity contribution >= 4 is 11.6 Å². The number of rotatable bonds is 8. The van der Waals surface area contributed by atoms with E-state index >= 15 is 0 Å². The standard InChI is InChI=1S/C24H26N2O3/c1-17-13-21(14-18(2)23(17)29-16-19-7-6-11-25-15-19)24(27)26-22-9-5-4-8-20(22)10-12-28-3/h4-9,11,13-15H,10,12,16H2,1-3H3,(H,26,27). The van der Waals surface area contributed by atoms with Crippen LogP contribution in [0.25, 0.3) is 0 Å². The maximum atomic E-state index is 12.8. The number of nitrogens with one attached hydrogen (secondary N) is 1. The van der Waals surface area contributed by atoms with Gasteiger partial charge >= 0.3 is 0 Å². The Labute approximate surface area is 171 Å². The van der Waals surface area contributed by atoms with Gasteiger partial charge in [-0.3, -0.25) is 9.78 Å². The third-order valence-corrected chi connectivity index (χ3v) is 4.67. The second-order valence-electron chi connectivity index (χ2n) is 6.94. The number of nitrogens with zero attached hydrogens (tertiary/aromatic N) is 1. The van der Waals surface area contributed by atoms with E-state index in [4.69, 9.17) is 9.47 Å². The van der Waals surface area contributed by atoms with Gasteiger partial charge in [0.25, 0.3) is 5.91 Å². The van der Waals surface area contributed by atoms with Gasteiger partial charge in [0.05, 0.1) is 6.61 Å². The molecule has 0 spiro atoms. The zero-order valence-corrected chi connectivity index (χ0v) is 17.1. The molecule has 0 unspecified atom stereocenters. The van der Waals surface area contributed by atoms with Crippen LogP contribution in [0.3, 0.4) is 0 Å². The smallest absolute Gasteiger partial charge is 0.255 e. The molecule has 1 aromatic heterocycles. The predicted octanol–water partition coefficient (Wildman–Crippen LogP) is 4.72. The average molecular weight is 390 g/mol.